The SMILES string of the molecule is Cc1ccc(F)cc1Oc1cncc(NN)n1. The Kier molecular flexibility index (Phi) is 3.15. The molecule has 2 aromatic rings. The lowest BCUT2D eigenvalue weighted by atomic mass is 10.2. The number of benzene rings is 1. The molecule has 0 unspecified atom stereocenters. The molecule has 0 spiro atoms. The van der Waals surface area contributed by atoms with Crippen LogP contribution in [0, 0.1) is 12.7 Å². The van der Waals surface area contributed by atoms with Crippen molar-refractivity contribution in [3.63, 3.8) is 0 Å². The average molecular weight is 234 g/mol. The highest BCUT2D eigenvalue weighted by atomic mass is 19.1. The molecule has 88 valence electrons. The van der Waals surface area contributed by atoms with E-state index in [4.69, 9.17) is 10.6 Å². The number of hydrogen-bond acceptors (Lipinski definition) is 5. The van der Waals surface area contributed by atoms with E-state index in [9.17, 15) is 4.39 Å². The van der Waals surface area contributed by atoms with Crippen LogP contribution >= 0.6 is 0 Å². The monoisotopic (exact) mass is 234 g/mol. The molecule has 3 N–H and O–H groups in total. The second kappa shape index (κ2) is 4.75. The second-order valence-corrected chi connectivity index (χ2v) is 3.40. The summed E-state index contributed by atoms with van der Waals surface area (Å²) < 4.78 is 18.5. The van der Waals surface area contributed by atoms with Gasteiger partial charge in [0.2, 0.25) is 5.88 Å². The number of rotatable bonds is 3. The Hall–Kier alpha value is -2.21. The predicted octanol–water partition coefficient (Wildman–Crippen LogP) is 2.00. The molecule has 0 amide bonds. The predicted molar refractivity (Wildman–Crippen MR) is 61.1 cm³/mol. The number of halogens is 1. The van der Waals surface area contributed by atoms with E-state index in [-0.39, 0.29) is 11.7 Å². The maximum absolute atomic E-state index is 13.0. The maximum atomic E-state index is 13.0. The molecule has 17 heavy (non-hydrogen) atoms. The number of ether oxygens (including phenoxy) is 1. The van der Waals surface area contributed by atoms with E-state index in [1.54, 1.807) is 6.07 Å². The highest BCUT2D eigenvalue weighted by Gasteiger charge is 2.05. The Bertz CT molecular complexity index is 533. The van der Waals surface area contributed by atoms with Crippen molar-refractivity contribution in [1.29, 1.82) is 0 Å². The molecule has 0 aliphatic heterocycles. The summed E-state index contributed by atoms with van der Waals surface area (Å²) in [7, 11) is 0. The van der Waals surface area contributed by atoms with Gasteiger partial charge in [0.1, 0.15) is 11.6 Å². The third-order valence-corrected chi connectivity index (χ3v) is 2.13. The molecule has 0 bridgehead atoms. The van der Waals surface area contributed by atoms with Crippen LogP contribution in [0.25, 0.3) is 0 Å². The van der Waals surface area contributed by atoms with Crippen LogP contribution in [0.5, 0.6) is 11.6 Å². The van der Waals surface area contributed by atoms with Gasteiger partial charge in [0.15, 0.2) is 5.82 Å². The van der Waals surface area contributed by atoms with Crippen LogP contribution in [0.3, 0.4) is 0 Å². The first kappa shape index (κ1) is 11.3. The molecular formula is C11H11FN4O. The Morgan fingerprint density at radius 1 is 1.35 bits per heavy atom. The van der Waals surface area contributed by atoms with Crippen molar-refractivity contribution < 1.29 is 9.13 Å². The Balaban J connectivity index is 2.27. The summed E-state index contributed by atoms with van der Waals surface area (Å²) in [5.41, 5.74) is 3.16. The largest absolute Gasteiger partial charge is 0.437 e. The van der Waals surface area contributed by atoms with Crippen LogP contribution in [-0.2, 0) is 0 Å². The van der Waals surface area contributed by atoms with Gasteiger partial charge in [-0.15, -0.1) is 0 Å². The van der Waals surface area contributed by atoms with Crippen molar-refractivity contribution in [3.8, 4) is 11.6 Å². The zero-order chi connectivity index (χ0) is 12.3. The number of aryl methyl sites for hydroxylation is 1. The molecule has 6 heteroatoms. The fourth-order valence-corrected chi connectivity index (χ4v) is 1.26. The maximum Gasteiger partial charge on any atom is 0.239 e. The lowest BCUT2D eigenvalue weighted by Crippen LogP contribution is -2.09. The number of nitrogen functional groups attached to an aromatic ring is 1. The smallest absolute Gasteiger partial charge is 0.239 e. The lowest BCUT2D eigenvalue weighted by Gasteiger charge is -2.08. The Morgan fingerprint density at radius 2 is 2.18 bits per heavy atom. The topological polar surface area (TPSA) is 73.1 Å². The number of nitrogens with two attached hydrogens (primary N) is 1. The lowest BCUT2D eigenvalue weighted by molar-refractivity contribution is 0.452. The first-order chi connectivity index (χ1) is 8.19. The molecule has 0 saturated carbocycles. The quantitative estimate of drug-likeness (QED) is 0.627. The van der Waals surface area contributed by atoms with Crippen molar-refractivity contribution in [2.24, 2.45) is 5.84 Å². The molecule has 1 aromatic carbocycles. The van der Waals surface area contributed by atoms with Crippen molar-refractivity contribution in [2.75, 3.05) is 5.43 Å². The van der Waals surface area contributed by atoms with E-state index in [0.717, 1.165) is 5.56 Å². The van der Waals surface area contributed by atoms with Crippen LogP contribution in [-0.4, -0.2) is 9.97 Å². The van der Waals surface area contributed by atoms with Gasteiger partial charge in [0, 0.05) is 6.07 Å². The van der Waals surface area contributed by atoms with Gasteiger partial charge < -0.3 is 10.2 Å². The van der Waals surface area contributed by atoms with E-state index in [1.165, 1.54) is 24.5 Å². The highest BCUT2D eigenvalue weighted by Crippen LogP contribution is 2.24. The Labute approximate surface area is 97.4 Å². The molecular weight excluding hydrogens is 223 g/mol. The highest BCUT2D eigenvalue weighted by molar-refractivity contribution is 5.37. The fraction of sp³-hybridized carbons (Fsp3) is 0.0909. The van der Waals surface area contributed by atoms with Gasteiger partial charge in [-0.1, -0.05) is 6.07 Å². The summed E-state index contributed by atoms with van der Waals surface area (Å²) in [6, 6.07) is 4.29. The van der Waals surface area contributed by atoms with Crippen molar-refractivity contribution in [1.82, 2.24) is 9.97 Å². The van der Waals surface area contributed by atoms with Gasteiger partial charge in [-0.3, -0.25) is 4.98 Å². The third kappa shape index (κ3) is 2.67. The first-order valence-electron chi connectivity index (χ1n) is 4.91. The van der Waals surface area contributed by atoms with E-state index < -0.39 is 0 Å². The van der Waals surface area contributed by atoms with Crippen molar-refractivity contribution in [3.05, 3.63) is 42.0 Å². The minimum Gasteiger partial charge on any atom is -0.437 e. The first-order valence-corrected chi connectivity index (χ1v) is 4.91. The summed E-state index contributed by atoms with van der Waals surface area (Å²) in [6.45, 7) is 1.81. The van der Waals surface area contributed by atoms with Crippen LogP contribution < -0.4 is 16.0 Å². The normalized spacial score (nSPS) is 10.1. The van der Waals surface area contributed by atoms with Gasteiger partial charge in [-0.2, -0.15) is 4.98 Å². The van der Waals surface area contributed by atoms with Crippen LogP contribution in [0.15, 0.2) is 30.6 Å². The summed E-state index contributed by atoms with van der Waals surface area (Å²) >= 11 is 0. The minimum atomic E-state index is -0.369. The van der Waals surface area contributed by atoms with E-state index in [1.807, 2.05) is 6.92 Å². The second-order valence-electron chi connectivity index (χ2n) is 3.40. The zero-order valence-corrected chi connectivity index (χ0v) is 9.14. The minimum absolute atomic E-state index is 0.245. The molecule has 0 aliphatic rings. The molecule has 0 atom stereocenters. The van der Waals surface area contributed by atoms with Crippen molar-refractivity contribution >= 4 is 5.82 Å². The Morgan fingerprint density at radius 3 is 2.94 bits per heavy atom. The molecule has 0 saturated heterocycles. The number of hydrogen-bond donors (Lipinski definition) is 2. The van der Waals surface area contributed by atoms with E-state index in [2.05, 4.69) is 15.4 Å². The summed E-state index contributed by atoms with van der Waals surface area (Å²) in [5.74, 6) is 5.84. The zero-order valence-electron chi connectivity index (χ0n) is 9.14. The summed E-state index contributed by atoms with van der Waals surface area (Å²) in [6.07, 6.45) is 2.87. The summed E-state index contributed by atoms with van der Waals surface area (Å²) in [4.78, 5) is 7.89. The standard InChI is InChI=1S/C11H11FN4O/c1-7-2-3-8(12)4-9(7)17-11-6-14-5-10(15-11)16-13/h2-6H,13H2,1H3,(H,15,16). The molecule has 0 radical (unpaired) electrons. The number of aromatic nitrogens is 2. The van der Waals surface area contributed by atoms with E-state index in [0.29, 0.717) is 11.6 Å². The van der Waals surface area contributed by atoms with Gasteiger partial charge in [-0.05, 0) is 18.6 Å². The molecule has 1 heterocycles. The van der Waals surface area contributed by atoms with Gasteiger partial charge in [0.25, 0.3) is 0 Å². The number of hydrazine groups is 1. The number of nitrogens with zero attached hydrogens (tertiary/aromatic N) is 2. The van der Waals surface area contributed by atoms with E-state index >= 15 is 0 Å². The number of anilines is 1. The molecule has 2 rings (SSSR count). The van der Waals surface area contributed by atoms with Crippen LogP contribution in [0.1, 0.15) is 5.56 Å². The molecule has 5 nitrogen and oxygen atoms in total. The summed E-state index contributed by atoms with van der Waals surface area (Å²) in [5, 5.41) is 0. The fourth-order valence-electron chi connectivity index (χ4n) is 1.26. The van der Waals surface area contributed by atoms with Crippen LogP contribution in [0.2, 0.25) is 0 Å². The third-order valence-electron chi connectivity index (χ3n) is 2.13. The van der Waals surface area contributed by atoms with Crippen molar-refractivity contribution in [2.45, 2.75) is 6.92 Å². The van der Waals surface area contributed by atoms with Gasteiger partial charge in [0.05, 0.1) is 12.4 Å². The average Bonchev–Trinajstić information content (AvgIpc) is 2.34. The number of nitrogens with one attached hydrogen (secondary N) is 1. The van der Waals surface area contributed by atoms with Crippen LogP contribution in [0.4, 0.5) is 10.2 Å². The molecule has 0 fully saturated rings. The van der Waals surface area contributed by atoms with Gasteiger partial charge >= 0.3 is 0 Å². The molecule has 1 aromatic heterocycles. The molecule has 0 aliphatic carbocycles. The van der Waals surface area contributed by atoms with Gasteiger partial charge in [-0.25, -0.2) is 10.2 Å².